The van der Waals surface area contributed by atoms with Crippen molar-refractivity contribution in [3.05, 3.63) is 29.8 Å². The first kappa shape index (κ1) is 12.4. The monoisotopic (exact) mass is 261 g/mol. The van der Waals surface area contributed by atoms with Crippen molar-refractivity contribution in [2.75, 3.05) is 32.8 Å². The number of hydrogen-bond acceptors (Lipinski definition) is 4. The molecule has 1 aromatic rings. The van der Waals surface area contributed by atoms with E-state index in [4.69, 9.17) is 10.5 Å². The van der Waals surface area contributed by atoms with E-state index in [0.29, 0.717) is 19.1 Å². The second-order valence-corrected chi connectivity index (χ2v) is 5.16. The number of nitrogens with zero attached hydrogens (tertiary/aromatic N) is 1. The van der Waals surface area contributed by atoms with Crippen molar-refractivity contribution in [1.82, 2.24) is 10.2 Å². The van der Waals surface area contributed by atoms with Gasteiger partial charge in [-0.3, -0.25) is 9.69 Å². The standard InChI is InChI=1S/C14H19N3O2/c15-14(18)12-7-16-5-6-17(12)8-10-9-19-13-4-2-1-3-11(10)13/h1-4,10,12,16H,5-9H2,(H2,15,18). The summed E-state index contributed by atoms with van der Waals surface area (Å²) in [4.78, 5) is 13.7. The molecule has 2 aliphatic rings. The molecule has 1 amide bonds. The van der Waals surface area contributed by atoms with Gasteiger partial charge in [0, 0.05) is 37.7 Å². The van der Waals surface area contributed by atoms with Crippen molar-refractivity contribution < 1.29 is 9.53 Å². The summed E-state index contributed by atoms with van der Waals surface area (Å²) in [5, 5.41) is 3.22. The van der Waals surface area contributed by atoms with Crippen LogP contribution in [0.15, 0.2) is 24.3 Å². The van der Waals surface area contributed by atoms with Gasteiger partial charge in [0.05, 0.1) is 6.61 Å². The van der Waals surface area contributed by atoms with E-state index in [-0.39, 0.29) is 11.9 Å². The fourth-order valence-corrected chi connectivity index (χ4v) is 2.91. The molecule has 0 aromatic heterocycles. The zero-order valence-electron chi connectivity index (χ0n) is 10.8. The van der Waals surface area contributed by atoms with Crippen molar-refractivity contribution >= 4 is 5.91 Å². The van der Waals surface area contributed by atoms with Gasteiger partial charge in [-0.25, -0.2) is 0 Å². The summed E-state index contributed by atoms with van der Waals surface area (Å²) in [5.41, 5.74) is 6.71. The summed E-state index contributed by atoms with van der Waals surface area (Å²) in [6, 6.07) is 7.91. The van der Waals surface area contributed by atoms with E-state index in [2.05, 4.69) is 16.3 Å². The molecule has 0 radical (unpaired) electrons. The molecule has 0 bridgehead atoms. The molecule has 5 nitrogen and oxygen atoms in total. The number of amides is 1. The van der Waals surface area contributed by atoms with E-state index in [9.17, 15) is 4.79 Å². The zero-order chi connectivity index (χ0) is 13.2. The van der Waals surface area contributed by atoms with Gasteiger partial charge in [-0.2, -0.15) is 0 Å². The Labute approximate surface area is 112 Å². The average molecular weight is 261 g/mol. The maximum absolute atomic E-state index is 11.5. The molecule has 1 saturated heterocycles. The van der Waals surface area contributed by atoms with Crippen molar-refractivity contribution in [3.8, 4) is 5.75 Å². The molecule has 102 valence electrons. The summed E-state index contributed by atoms with van der Waals surface area (Å²) in [5.74, 6) is 1.05. The van der Waals surface area contributed by atoms with Gasteiger partial charge < -0.3 is 15.8 Å². The fourth-order valence-electron chi connectivity index (χ4n) is 2.91. The lowest BCUT2D eigenvalue weighted by Crippen LogP contribution is -2.57. The third-order valence-electron chi connectivity index (χ3n) is 3.94. The predicted molar refractivity (Wildman–Crippen MR) is 72.1 cm³/mol. The second kappa shape index (κ2) is 5.19. The molecule has 3 N–H and O–H groups in total. The molecule has 19 heavy (non-hydrogen) atoms. The smallest absolute Gasteiger partial charge is 0.236 e. The van der Waals surface area contributed by atoms with Crippen LogP contribution >= 0.6 is 0 Å². The molecule has 2 heterocycles. The summed E-state index contributed by atoms with van der Waals surface area (Å²) < 4.78 is 5.69. The molecular formula is C14H19N3O2. The van der Waals surface area contributed by atoms with Crippen LogP contribution in [0.4, 0.5) is 0 Å². The Morgan fingerprint density at radius 2 is 2.32 bits per heavy atom. The number of para-hydroxylation sites is 1. The Balaban J connectivity index is 1.73. The Hall–Kier alpha value is -1.59. The summed E-state index contributed by atoms with van der Waals surface area (Å²) in [7, 11) is 0. The first-order valence-electron chi connectivity index (χ1n) is 6.71. The largest absolute Gasteiger partial charge is 0.493 e. The number of hydrogen-bond donors (Lipinski definition) is 2. The minimum absolute atomic E-state index is 0.207. The number of carbonyl (C=O) groups excluding carboxylic acids is 1. The van der Waals surface area contributed by atoms with E-state index < -0.39 is 0 Å². The highest BCUT2D eigenvalue weighted by Gasteiger charge is 2.32. The quantitative estimate of drug-likeness (QED) is 0.799. The van der Waals surface area contributed by atoms with Crippen LogP contribution in [0.5, 0.6) is 5.75 Å². The Bertz CT molecular complexity index is 478. The molecule has 0 spiro atoms. The number of nitrogens with one attached hydrogen (secondary N) is 1. The highest BCUT2D eigenvalue weighted by Crippen LogP contribution is 2.34. The first-order valence-corrected chi connectivity index (χ1v) is 6.71. The third-order valence-corrected chi connectivity index (χ3v) is 3.94. The number of carbonyl (C=O) groups is 1. The van der Waals surface area contributed by atoms with Crippen LogP contribution in [0.1, 0.15) is 11.5 Å². The van der Waals surface area contributed by atoms with Crippen LogP contribution in [-0.4, -0.2) is 49.6 Å². The van der Waals surface area contributed by atoms with Crippen molar-refractivity contribution in [2.45, 2.75) is 12.0 Å². The molecule has 3 rings (SSSR count). The van der Waals surface area contributed by atoms with Gasteiger partial charge >= 0.3 is 0 Å². The van der Waals surface area contributed by atoms with Crippen LogP contribution in [0, 0.1) is 0 Å². The molecule has 2 atom stereocenters. The maximum Gasteiger partial charge on any atom is 0.236 e. The highest BCUT2D eigenvalue weighted by molar-refractivity contribution is 5.80. The molecule has 1 fully saturated rings. The second-order valence-electron chi connectivity index (χ2n) is 5.16. The zero-order valence-corrected chi connectivity index (χ0v) is 10.8. The number of primary amides is 1. The normalized spacial score (nSPS) is 26.7. The van der Waals surface area contributed by atoms with E-state index in [1.807, 2.05) is 18.2 Å². The van der Waals surface area contributed by atoms with Crippen molar-refractivity contribution in [2.24, 2.45) is 5.73 Å². The van der Waals surface area contributed by atoms with Crippen LogP contribution in [0.2, 0.25) is 0 Å². The number of benzene rings is 1. The Morgan fingerprint density at radius 1 is 1.47 bits per heavy atom. The van der Waals surface area contributed by atoms with Gasteiger partial charge in [-0.05, 0) is 6.07 Å². The molecule has 2 unspecified atom stereocenters. The summed E-state index contributed by atoms with van der Waals surface area (Å²) in [6.45, 7) is 3.91. The molecule has 0 aliphatic carbocycles. The van der Waals surface area contributed by atoms with Crippen molar-refractivity contribution in [1.29, 1.82) is 0 Å². The summed E-state index contributed by atoms with van der Waals surface area (Å²) >= 11 is 0. The van der Waals surface area contributed by atoms with Gasteiger partial charge in [-0.1, -0.05) is 18.2 Å². The third kappa shape index (κ3) is 2.43. The topological polar surface area (TPSA) is 67.6 Å². The minimum Gasteiger partial charge on any atom is -0.493 e. The van der Waals surface area contributed by atoms with Crippen molar-refractivity contribution in [3.63, 3.8) is 0 Å². The lowest BCUT2D eigenvalue weighted by molar-refractivity contribution is -0.123. The SMILES string of the molecule is NC(=O)C1CNCCN1CC1COc2ccccc21. The van der Waals surface area contributed by atoms with Crippen LogP contribution in [0.25, 0.3) is 0 Å². The van der Waals surface area contributed by atoms with Gasteiger partial charge in [0.25, 0.3) is 0 Å². The molecule has 0 saturated carbocycles. The highest BCUT2D eigenvalue weighted by atomic mass is 16.5. The lowest BCUT2D eigenvalue weighted by atomic mass is 9.99. The van der Waals surface area contributed by atoms with Gasteiger partial charge in [0.1, 0.15) is 11.8 Å². The maximum atomic E-state index is 11.5. The Kier molecular flexibility index (Phi) is 3.40. The van der Waals surface area contributed by atoms with E-state index in [0.717, 1.165) is 25.4 Å². The Morgan fingerprint density at radius 3 is 3.16 bits per heavy atom. The molecule has 5 heteroatoms. The van der Waals surface area contributed by atoms with E-state index >= 15 is 0 Å². The number of fused-ring (bicyclic) bond motifs is 1. The van der Waals surface area contributed by atoms with Crippen LogP contribution in [0.3, 0.4) is 0 Å². The molecule has 2 aliphatic heterocycles. The van der Waals surface area contributed by atoms with Gasteiger partial charge in [-0.15, -0.1) is 0 Å². The van der Waals surface area contributed by atoms with E-state index in [1.165, 1.54) is 5.56 Å². The minimum atomic E-state index is -0.251. The predicted octanol–water partition coefficient (Wildman–Crippen LogP) is -0.0783. The van der Waals surface area contributed by atoms with Gasteiger partial charge in [0.15, 0.2) is 0 Å². The number of ether oxygens (including phenoxy) is 1. The first-order chi connectivity index (χ1) is 9.25. The lowest BCUT2D eigenvalue weighted by Gasteiger charge is -2.35. The number of nitrogens with two attached hydrogens (primary N) is 1. The van der Waals surface area contributed by atoms with Gasteiger partial charge in [0.2, 0.25) is 5.91 Å². The van der Waals surface area contributed by atoms with Crippen LogP contribution < -0.4 is 15.8 Å². The molecule has 1 aromatic carbocycles. The fraction of sp³-hybridized carbons (Fsp3) is 0.500. The van der Waals surface area contributed by atoms with E-state index in [1.54, 1.807) is 0 Å². The number of rotatable bonds is 3. The number of piperazine rings is 1. The molecular weight excluding hydrogens is 242 g/mol. The van der Waals surface area contributed by atoms with Crippen LogP contribution in [-0.2, 0) is 4.79 Å². The average Bonchev–Trinajstić information content (AvgIpc) is 2.83. The summed E-state index contributed by atoms with van der Waals surface area (Å²) in [6.07, 6.45) is 0.